The number of hydrogen-bond acceptors (Lipinski definition) is 9. The van der Waals surface area contributed by atoms with E-state index in [4.69, 9.17) is 11.6 Å². The van der Waals surface area contributed by atoms with E-state index in [0.717, 1.165) is 62.4 Å². The number of carbonyl (C=O) groups is 6. The summed E-state index contributed by atoms with van der Waals surface area (Å²) < 4.78 is 2.10. The van der Waals surface area contributed by atoms with E-state index in [1.54, 1.807) is 23.2 Å². The van der Waals surface area contributed by atoms with Gasteiger partial charge < -0.3 is 24.7 Å². The highest BCUT2D eigenvalue weighted by atomic mass is 35.5. The molecule has 0 spiro atoms. The lowest BCUT2D eigenvalue weighted by molar-refractivity contribution is -0.136. The van der Waals surface area contributed by atoms with Gasteiger partial charge in [-0.3, -0.25) is 43.9 Å². The monoisotopic (exact) mass is 857 g/mol. The zero-order valence-electron chi connectivity index (χ0n) is 34.7. The number of imide groups is 2. The number of aromatic nitrogens is 3. The Balaban J connectivity index is 0.826. The summed E-state index contributed by atoms with van der Waals surface area (Å²) in [4.78, 5) is 93.5. The first-order valence-corrected chi connectivity index (χ1v) is 21.7. The van der Waals surface area contributed by atoms with Gasteiger partial charge in [-0.25, -0.2) is 4.98 Å². The topological polar surface area (TPSA) is 173 Å². The molecule has 6 amide bonds. The van der Waals surface area contributed by atoms with Crippen molar-refractivity contribution >= 4 is 69.5 Å². The average Bonchev–Trinajstić information content (AvgIpc) is 4.00. The van der Waals surface area contributed by atoms with Crippen LogP contribution in [0.4, 0.5) is 11.4 Å². The highest BCUT2D eigenvalue weighted by Gasteiger charge is 2.45. The quantitative estimate of drug-likeness (QED) is 0.153. The number of fused-ring (bicyclic) bond motifs is 2. The third kappa shape index (κ3) is 7.53. The van der Waals surface area contributed by atoms with E-state index >= 15 is 0 Å². The van der Waals surface area contributed by atoms with Crippen molar-refractivity contribution in [2.24, 2.45) is 5.92 Å². The first-order chi connectivity index (χ1) is 30.0. The zero-order valence-corrected chi connectivity index (χ0v) is 35.4. The largest absolute Gasteiger partial charge is 0.355 e. The third-order valence-corrected chi connectivity index (χ3v) is 13.2. The van der Waals surface area contributed by atoms with Crippen molar-refractivity contribution in [3.63, 3.8) is 0 Å². The molecule has 4 aliphatic rings. The van der Waals surface area contributed by atoms with Crippen LogP contribution in [0, 0.1) is 5.92 Å². The van der Waals surface area contributed by atoms with Crippen LogP contribution >= 0.6 is 11.6 Å². The summed E-state index contributed by atoms with van der Waals surface area (Å²) in [5.41, 5.74) is 6.65. The van der Waals surface area contributed by atoms with Crippen LogP contribution in [0.5, 0.6) is 0 Å². The van der Waals surface area contributed by atoms with Gasteiger partial charge in [0.05, 0.1) is 22.7 Å². The molecule has 3 atom stereocenters. The molecule has 0 radical (unpaired) electrons. The number of halogens is 1. The number of nitrogens with one attached hydrogen (secondary N) is 3. The fraction of sp³-hybridized carbons (Fsp3) is 0.370. The molecule has 3 saturated heterocycles. The number of piperazine rings is 1. The SMILES string of the molecule is CCc1ccn(C2CC(C(=O)NCCN3CCN(c4cccc(-c5cnc6[nH]cc(CC)c6c5Cl)c4)C(=O)C3)CCN2c2ccc3c(c2)C(=O)N(C2CCC(=O)NC2=O)C3=O)c1. The number of carbonyl (C=O) groups excluding carboxylic acids is 6. The van der Waals surface area contributed by atoms with Crippen molar-refractivity contribution in [2.75, 3.05) is 49.1 Å². The van der Waals surface area contributed by atoms with Crippen LogP contribution in [-0.4, -0.2) is 105 Å². The van der Waals surface area contributed by atoms with E-state index in [-0.39, 0.29) is 54.4 Å². The average molecular weight is 858 g/mol. The van der Waals surface area contributed by atoms with Gasteiger partial charge in [-0.2, -0.15) is 0 Å². The number of anilines is 2. The van der Waals surface area contributed by atoms with Crippen molar-refractivity contribution in [3.05, 3.63) is 101 Å². The maximum atomic E-state index is 13.8. The summed E-state index contributed by atoms with van der Waals surface area (Å²) in [6, 6.07) is 14.0. The molecule has 0 aliphatic carbocycles. The number of nitrogens with zero attached hydrogens (tertiary/aromatic N) is 6. The molecule has 62 heavy (non-hydrogen) atoms. The van der Waals surface area contributed by atoms with E-state index in [2.05, 4.69) is 61.1 Å². The van der Waals surface area contributed by atoms with Gasteiger partial charge in [0, 0.05) is 92.2 Å². The molecule has 3 fully saturated rings. The van der Waals surface area contributed by atoms with Crippen LogP contribution in [0.2, 0.25) is 5.02 Å². The normalized spacial score (nSPS) is 20.9. The molecule has 0 bridgehead atoms. The van der Waals surface area contributed by atoms with Crippen molar-refractivity contribution in [1.29, 1.82) is 0 Å². The standard InChI is InChI=1S/C46H48ClN9O6/c1-3-27-12-15-53(25-27)38-21-30(13-16-54(38)32-8-9-33-34(22-32)46(62)56(45(33)61)36-10-11-37(57)51-44(36)60)43(59)48-14-17-52-18-19-55(39(58)26-52)31-7-5-6-29(20-31)35-24-50-42-40(41(35)47)28(4-2)23-49-42/h5-9,12,15,20,22-25,30,36,38H,3-4,10-11,13-14,16-19,21,26H2,1-2H3,(H,48,59)(H,49,50)(H,51,57,60). The van der Waals surface area contributed by atoms with Gasteiger partial charge in [-0.1, -0.05) is 37.6 Å². The second-order valence-electron chi connectivity index (χ2n) is 16.4. The molecular formula is C46H48ClN9O6. The van der Waals surface area contributed by atoms with Gasteiger partial charge >= 0.3 is 0 Å². The summed E-state index contributed by atoms with van der Waals surface area (Å²) >= 11 is 6.92. The summed E-state index contributed by atoms with van der Waals surface area (Å²) in [6.45, 7) is 6.99. The van der Waals surface area contributed by atoms with Crippen LogP contribution in [0.3, 0.4) is 0 Å². The van der Waals surface area contributed by atoms with E-state index in [9.17, 15) is 28.8 Å². The molecule has 2 aromatic carbocycles. The summed E-state index contributed by atoms with van der Waals surface area (Å²) in [6.07, 6.45) is 10.4. The van der Waals surface area contributed by atoms with Gasteiger partial charge in [0.25, 0.3) is 11.8 Å². The molecular weight excluding hydrogens is 810 g/mol. The van der Waals surface area contributed by atoms with Crippen LogP contribution < -0.4 is 20.4 Å². The number of pyridine rings is 1. The Labute approximate surface area is 363 Å². The minimum Gasteiger partial charge on any atom is -0.355 e. The Morgan fingerprint density at radius 3 is 2.53 bits per heavy atom. The predicted octanol–water partition coefficient (Wildman–Crippen LogP) is 5.09. The summed E-state index contributed by atoms with van der Waals surface area (Å²) in [5.74, 6) is -2.55. The summed E-state index contributed by atoms with van der Waals surface area (Å²) in [5, 5.41) is 6.94. The Hall–Kier alpha value is -6.32. The molecule has 3 unspecified atom stereocenters. The molecule has 3 aromatic heterocycles. The van der Waals surface area contributed by atoms with Gasteiger partial charge in [0.2, 0.25) is 23.6 Å². The van der Waals surface area contributed by atoms with Crippen LogP contribution in [0.1, 0.15) is 77.5 Å². The molecule has 0 saturated carbocycles. The molecule has 7 heterocycles. The Morgan fingerprint density at radius 1 is 0.919 bits per heavy atom. The number of piperidine rings is 2. The smallest absolute Gasteiger partial charge is 0.262 e. The predicted molar refractivity (Wildman–Crippen MR) is 234 cm³/mol. The van der Waals surface area contributed by atoms with Gasteiger partial charge in [-0.15, -0.1) is 0 Å². The van der Waals surface area contributed by atoms with Crippen LogP contribution in [0.25, 0.3) is 22.2 Å². The van der Waals surface area contributed by atoms with Crippen molar-refractivity contribution < 1.29 is 28.8 Å². The first kappa shape index (κ1) is 41.1. The second kappa shape index (κ2) is 16.9. The molecule has 5 aromatic rings. The van der Waals surface area contributed by atoms with Gasteiger partial charge in [0.15, 0.2) is 0 Å². The maximum Gasteiger partial charge on any atom is 0.262 e. The number of H-pyrrole nitrogens is 1. The Bertz CT molecular complexity index is 2640. The highest BCUT2D eigenvalue weighted by Crippen LogP contribution is 2.39. The first-order valence-electron chi connectivity index (χ1n) is 21.4. The lowest BCUT2D eigenvalue weighted by atomic mass is 9.92. The summed E-state index contributed by atoms with van der Waals surface area (Å²) in [7, 11) is 0. The van der Waals surface area contributed by atoms with E-state index in [1.165, 1.54) is 0 Å². The van der Waals surface area contributed by atoms with Crippen molar-refractivity contribution in [2.45, 2.75) is 64.6 Å². The van der Waals surface area contributed by atoms with Crippen LogP contribution in [0.15, 0.2) is 73.3 Å². The fourth-order valence-electron chi connectivity index (χ4n) is 9.36. The fourth-order valence-corrected chi connectivity index (χ4v) is 9.73. The molecule has 9 rings (SSSR count). The number of benzene rings is 2. The lowest BCUT2D eigenvalue weighted by Crippen LogP contribution is -2.54. The Morgan fingerprint density at radius 2 is 1.76 bits per heavy atom. The minimum atomic E-state index is -1.05. The third-order valence-electron chi connectivity index (χ3n) is 12.8. The lowest BCUT2D eigenvalue weighted by Gasteiger charge is -2.41. The molecule has 320 valence electrons. The molecule has 4 aliphatic heterocycles. The number of aryl methyl sites for hydroxylation is 2. The van der Waals surface area contributed by atoms with Crippen molar-refractivity contribution in [1.82, 2.24) is 35.0 Å². The van der Waals surface area contributed by atoms with Gasteiger partial charge in [-0.05, 0) is 85.2 Å². The Kier molecular flexibility index (Phi) is 11.2. The number of aromatic amines is 1. The molecule has 16 heteroatoms. The van der Waals surface area contributed by atoms with E-state index in [0.29, 0.717) is 50.6 Å². The number of amides is 6. The van der Waals surface area contributed by atoms with E-state index in [1.807, 2.05) is 42.7 Å². The zero-order chi connectivity index (χ0) is 43.2. The second-order valence-corrected chi connectivity index (χ2v) is 16.8. The van der Waals surface area contributed by atoms with Crippen LogP contribution in [-0.2, 0) is 32.0 Å². The minimum absolute atomic E-state index is 0.0204. The van der Waals surface area contributed by atoms with Gasteiger partial charge in [0.1, 0.15) is 17.9 Å². The highest BCUT2D eigenvalue weighted by molar-refractivity contribution is 6.38. The van der Waals surface area contributed by atoms with Crippen molar-refractivity contribution in [3.8, 4) is 11.1 Å². The maximum absolute atomic E-state index is 13.8. The molecule has 15 nitrogen and oxygen atoms in total. The van der Waals surface area contributed by atoms with E-state index < -0.39 is 29.7 Å². The molecule has 3 N–H and O–H groups in total. The number of hydrogen-bond donors (Lipinski definition) is 3. The number of rotatable bonds is 11.